The second-order valence-corrected chi connectivity index (χ2v) is 7.51. The van der Waals surface area contributed by atoms with Crippen LogP contribution in [0.1, 0.15) is 68.0 Å². The van der Waals surface area contributed by atoms with E-state index in [9.17, 15) is 0 Å². The van der Waals surface area contributed by atoms with Crippen LogP contribution in [0.5, 0.6) is 0 Å². The zero-order valence-electron chi connectivity index (χ0n) is 12.3. The number of rotatable bonds is 0. The molecule has 0 unspecified atom stereocenters. The summed E-state index contributed by atoms with van der Waals surface area (Å²) in [7, 11) is 0. The van der Waals surface area contributed by atoms with Crippen LogP contribution in [0, 0.1) is 11.8 Å². The van der Waals surface area contributed by atoms with Gasteiger partial charge in [0.15, 0.2) is 0 Å². The predicted octanol–water partition coefficient (Wildman–Crippen LogP) is 4.50. The Bertz CT molecular complexity index is 451. The molecule has 2 bridgehead atoms. The summed E-state index contributed by atoms with van der Waals surface area (Å²) in [6, 6.07) is 11.1. The minimum atomic E-state index is 0.770. The third-order valence-corrected chi connectivity index (χ3v) is 6.78. The van der Waals surface area contributed by atoms with Gasteiger partial charge in [-0.25, -0.2) is 0 Å². The Morgan fingerprint density at radius 2 is 1.55 bits per heavy atom. The normalized spacial score (nSPS) is 42.7. The van der Waals surface area contributed by atoms with Crippen molar-refractivity contribution >= 4 is 0 Å². The zero-order chi connectivity index (χ0) is 13.1. The third kappa shape index (κ3) is 1.43. The van der Waals surface area contributed by atoms with Crippen molar-refractivity contribution in [2.24, 2.45) is 11.8 Å². The van der Waals surface area contributed by atoms with Gasteiger partial charge in [-0.05, 0) is 55.2 Å². The van der Waals surface area contributed by atoms with Gasteiger partial charge < -0.3 is 0 Å². The summed E-state index contributed by atoms with van der Waals surface area (Å²) < 4.78 is 0. The lowest BCUT2D eigenvalue weighted by atomic mass is 9.54. The number of hydrogen-bond acceptors (Lipinski definition) is 1. The lowest BCUT2D eigenvalue weighted by molar-refractivity contribution is -0.0703. The lowest BCUT2D eigenvalue weighted by Gasteiger charge is -2.62. The molecule has 0 radical (unpaired) electrons. The molecule has 3 fully saturated rings. The maximum Gasteiger partial charge on any atom is 0.0385 e. The molecule has 20 heavy (non-hydrogen) atoms. The molecule has 5 aliphatic rings. The van der Waals surface area contributed by atoms with E-state index in [-0.39, 0.29) is 0 Å². The Morgan fingerprint density at radius 3 is 2.45 bits per heavy atom. The Balaban J connectivity index is 1.69. The van der Waals surface area contributed by atoms with E-state index in [0.29, 0.717) is 0 Å². The van der Waals surface area contributed by atoms with E-state index in [2.05, 4.69) is 29.2 Å². The summed E-state index contributed by atoms with van der Waals surface area (Å²) in [5.74, 6) is 2.84. The molecule has 0 N–H and O–H groups in total. The van der Waals surface area contributed by atoms with Crippen LogP contribution in [0.15, 0.2) is 24.3 Å². The highest BCUT2D eigenvalue weighted by molar-refractivity contribution is 5.42. The van der Waals surface area contributed by atoms with Crippen LogP contribution >= 0.6 is 0 Å². The summed E-state index contributed by atoms with van der Waals surface area (Å²) >= 11 is 0. The van der Waals surface area contributed by atoms with Crippen molar-refractivity contribution in [1.82, 2.24) is 4.90 Å². The fourth-order valence-corrected chi connectivity index (χ4v) is 6.20. The van der Waals surface area contributed by atoms with Gasteiger partial charge in [0.25, 0.3) is 0 Å². The largest absolute Gasteiger partial charge is 0.292 e. The van der Waals surface area contributed by atoms with Gasteiger partial charge in [-0.1, -0.05) is 43.5 Å². The molecule has 1 aromatic rings. The minimum absolute atomic E-state index is 0.770. The number of nitrogens with zero attached hydrogens (tertiary/aromatic N) is 1. The van der Waals surface area contributed by atoms with Gasteiger partial charge in [-0.2, -0.15) is 0 Å². The molecule has 6 rings (SSSR count). The summed E-state index contributed by atoms with van der Waals surface area (Å²) in [6.45, 7) is 1.36. The Kier molecular flexibility index (Phi) is 2.56. The molecule has 1 heteroatoms. The van der Waals surface area contributed by atoms with Crippen LogP contribution in [0.25, 0.3) is 0 Å². The second-order valence-electron chi connectivity index (χ2n) is 7.51. The molecular weight excluding hydrogens is 242 g/mol. The van der Waals surface area contributed by atoms with Crippen LogP contribution in [0.2, 0.25) is 0 Å². The fraction of sp³-hybridized carbons (Fsp3) is 0.684. The van der Waals surface area contributed by atoms with Crippen molar-refractivity contribution in [1.29, 1.82) is 0 Å². The van der Waals surface area contributed by atoms with Gasteiger partial charge in [-0.15, -0.1) is 0 Å². The SMILES string of the molecule is c1ccc2c(c1)[C@@H]1[C@@H]3CCCC[C@@H]3[C@H]2N2CCCC[C@H]12. The van der Waals surface area contributed by atoms with Gasteiger partial charge in [-0.3, -0.25) is 4.90 Å². The van der Waals surface area contributed by atoms with Crippen molar-refractivity contribution in [3.8, 4) is 0 Å². The van der Waals surface area contributed by atoms with E-state index in [1.807, 2.05) is 0 Å². The maximum atomic E-state index is 2.93. The average Bonchev–Trinajstić information content (AvgIpc) is 2.54. The number of hydrogen-bond donors (Lipinski definition) is 0. The van der Waals surface area contributed by atoms with Gasteiger partial charge in [0, 0.05) is 18.0 Å². The first-order chi connectivity index (χ1) is 9.95. The number of benzene rings is 1. The van der Waals surface area contributed by atoms with Crippen LogP contribution in [-0.2, 0) is 0 Å². The van der Waals surface area contributed by atoms with E-state index in [1.165, 1.54) is 51.5 Å². The van der Waals surface area contributed by atoms with Gasteiger partial charge in [0.1, 0.15) is 0 Å². The van der Waals surface area contributed by atoms with E-state index in [0.717, 1.165) is 29.8 Å². The van der Waals surface area contributed by atoms with Crippen LogP contribution in [0.3, 0.4) is 0 Å². The highest BCUT2D eigenvalue weighted by Crippen LogP contribution is 2.61. The molecule has 2 aliphatic carbocycles. The Hall–Kier alpha value is -0.820. The van der Waals surface area contributed by atoms with Crippen LogP contribution in [0.4, 0.5) is 0 Å². The van der Waals surface area contributed by atoms with Crippen molar-refractivity contribution in [2.75, 3.05) is 6.54 Å². The van der Waals surface area contributed by atoms with Crippen molar-refractivity contribution in [2.45, 2.75) is 62.9 Å². The summed E-state index contributed by atoms with van der Waals surface area (Å²) in [6.07, 6.45) is 10.3. The molecule has 0 amide bonds. The van der Waals surface area contributed by atoms with Gasteiger partial charge in [0.2, 0.25) is 0 Å². The highest BCUT2D eigenvalue weighted by atomic mass is 15.2. The van der Waals surface area contributed by atoms with Gasteiger partial charge in [0.05, 0.1) is 0 Å². The average molecular weight is 267 g/mol. The molecule has 2 saturated heterocycles. The van der Waals surface area contributed by atoms with E-state index < -0.39 is 0 Å². The quantitative estimate of drug-likeness (QED) is 0.669. The molecule has 5 atom stereocenters. The zero-order valence-corrected chi connectivity index (χ0v) is 12.3. The van der Waals surface area contributed by atoms with Crippen molar-refractivity contribution in [3.63, 3.8) is 0 Å². The van der Waals surface area contributed by atoms with Crippen molar-refractivity contribution in [3.05, 3.63) is 35.4 Å². The summed E-state index contributed by atoms with van der Waals surface area (Å²) in [4.78, 5) is 2.93. The minimum Gasteiger partial charge on any atom is -0.292 e. The van der Waals surface area contributed by atoms with Gasteiger partial charge >= 0.3 is 0 Å². The Labute approximate surface area is 122 Å². The molecule has 3 heterocycles. The molecule has 3 aliphatic heterocycles. The van der Waals surface area contributed by atoms with E-state index in [4.69, 9.17) is 0 Å². The van der Waals surface area contributed by atoms with Crippen molar-refractivity contribution < 1.29 is 0 Å². The standard InChI is InChI=1S/C19H25N/c1-3-9-15-13(7-1)18-14-8-2-4-10-16(14)19(15)20-12-6-5-11-17(18)20/h1,3,7,9,14,16-19H,2,4-6,8,10-12H2/t14-,16+,17-,18-,19+/m1/s1. The van der Waals surface area contributed by atoms with E-state index >= 15 is 0 Å². The summed E-state index contributed by atoms with van der Waals surface area (Å²) in [5, 5.41) is 0. The first-order valence-corrected chi connectivity index (χ1v) is 8.80. The third-order valence-electron chi connectivity index (χ3n) is 6.78. The molecule has 1 nitrogen and oxygen atoms in total. The molecule has 0 aromatic heterocycles. The molecular formula is C19H25N. The summed E-state index contributed by atoms with van der Waals surface area (Å²) in [5.41, 5.74) is 3.45. The van der Waals surface area contributed by atoms with Crippen LogP contribution in [-0.4, -0.2) is 17.5 Å². The topological polar surface area (TPSA) is 3.24 Å². The molecule has 1 aromatic carbocycles. The molecule has 0 spiro atoms. The molecule has 106 valence electrons. The lowest BCUT2D eigenvalue weighted by Crippen LogP contribution is -2.59. The van der Waals surface area contributed by atoms with Crippen LogP contribution < -0.4 is 0 Å². The second kappa shape index (κ2) is 4.34. The predicted molar refractivity (Wildman–Crippen MR) is 81.7 cm³/mol. The maximum absolute atomic E-state index is 2.93. The fourth-order valence-electron chi connectivity index (χ4n) is 6.20. The first kappa shape index (κ1) is 11.8. The van der Waals surface area contributed by atoms with E-state index in [1.54, 1.807) is 11.1 Å². The monoisotopic (exact) mass is 267 g/mol. The highest BCUT2D eigenvalue weighted by Gasteiger charge is 2.55. The number of piperidine rings is 2. The molecule has 1 saturated carbocycles. The smallest absolute Gasteiger partial charge is 0.0385 e. The Morgan fingerprint density at radius 1 is 0.800 bits per heavy atom. The first-order valence-electron chi connectivity index (χ1n) is 8.80.